The molecule has 8 heteroatoms. The van der Waals surface area contributed by atoms with Gasteiger partial charge < -0.3 is 26.8 Å². The number of thiophene rings is 1. The number of nitrogens with one attached hydrogen (secondary N) is 2. The highest BCUT2D eigenvalue weighted by Gasteiger charge is 2.23. The first-order valence-electron chi connectivity index (χ1n) is 5.86. The molecule has 0 aliphatic heterocycles. The van der Waals surface area contributed by atoms with Gasteiger partial charge in [-0.15, -0.1) is 17.9 Å². The topological polar surface area (TPSA) is 119 Å². The maximum absolute atomic E-state index is 11.9. The molecule has 2 amide bonds. The quantitative estimate of drug-likeness (QED) is 0.409. The number of rotatable bonds is 8. The Morgan fingerprint density at radius 2 is 2.20 bits per heavy atom. The first-order chi connectivity index (χ1) is 9.52. The second-order valence-corrected chi connectivity index (χ2v) is 4.85. The van der Waals surface area contributed by atoms with E-state index in [4.69, 9.17) is 16.2 Å². The number of amides is 2. The molecule has 0 aliphatic carbocycles. The molecule has 0 atom stereocenters. The summed E-state index contributed by atoms with van der Waals surface area (Å²) in [6.07, 6.45) is 1.55. The van der Waals surface area contributed by atoms with Gasteiger partial charge in [-0.1, -0.05) is 6.08 Å². The second kappa shape index (κ2) is 7.51. The zero-order valence-electron chi connectivity index (χ0n) is 11.2. The number of primary amides is 1. The molecule has 1 aromatic heterocycles. The largest absolute Gasteiger partial charge is 0.397 e. The number of ether oxygens (including phenoxy) is 1. The maximum atomic E-state index is 11.9. The Morgan fingerprint density at radius 3 is 2.75 bits per heavy atom. The maximum Gasteiger partial charge on any atom is 0.263 e. The zero-order valence-corrected chi connectivity index (χ0v) is 12.0. The molecule has 110 valence electrons. The molecular formula is C12H18N4O3S. The van der Waals surface area contributed by atoms with Crippen molar-refractivity contribution in [3.63, 3.8) is 0 Å². The smallest absolute Gasteiger partial charge is 0.263 e. The van der Waals surface area contributed by atoms with Crippen LogP contribution in [-0.4, -0.2) is 38.6 Å². The molecule has 1 aromatic rings. The van der Waals surface area contributed by atoms with Gasteiger partial charge in [-0.3, -0.25) is 9.59 Å². The molecule has 0 radical (unpaired) electrons. The van der Waals surface area contributed by atoms with Gasteiger partial charge in [0.15, 0.2) is 0 Å². The van der Waals surface area contributed by atoms with Gasteiger partial charge >= 0.3 is 0 Å². The van der Waals surface area contributed by atoms with Crippen molar-refractivity contribution in [2.24, 2.45) is 5.73 Å². The number of carbonyl (C=O) groups is 2. The lowest BCUT2D eigenvalue weighted by Gasteiger charge is -2.04. The predicted octanol–water partition coefficient (Wildman–Crippen LogP) is 0.403. The van der Waals surface area contributed by atoms with Crippen LogP contribution in [-0.2, 0) is 4.74 Å². The third-order valence-corrected chi connectivity index (χ3v) is 3.56. The zero-order chi connectivity index (χ0) is 15.1. The minimum atomic E-state index is -0.679. The lowest BCUT2D eigenvalue weighted by Crippen LogP contribution is -2.23. The van der Waals surface area contributed by atoms with Gasteiger partial charge in [0.2, 0.25) is 0 Å². The first-order valence-corrected chi connectivity index (χ1v) is 6.68. The molecule has 0 unspecified atom stereocenters. The van der Waals surface area contributed by atoms with Crippen molar-refractivity contribution in [2.75, 3.05) is 37.9 Å². The minimum Gasteiger partial charge on any atom is -0.397 e. The van der Waals surface area contributed by atoms with Crippen molar-refractivity contribution >= 4 is 33.8 Å². The van der Waals surface area contributed by atoms with E-state index in [1.165, 1.54) is 0 Å². The number of anilines is 2. The molecule has 1 rings (SSSR count). The highest BCUT2D eigenvalue weighted by molar-refractivity contribution is 7.19. The highest BCUT2D eigenvalue weighted by Crippen LogP contribution is 2.35. The van der Waals surface area contributed by atoms with Crippen LogP contribution in [0.25, 0.3) is 0 Å². The number of carbonyl (C=O) groups excluding carboxylic acids is 2. The summed E-state index contributed by atoms with van der Waals surface area (Å²) in [5.74, 6) is -1.05. The molecule has 0 saturated heterocycles. The summed E-state index contributed by atoms with van der Waals surface area (Å²) in [6, 6.07) is 0. The molecule has 0 fully saturated rings. The van der Waals surface area contributed by atoms with Crippen molar-refractivity contribution in [3.8, 4) is 0 Å². The third-order valence-electron chi connectivity index (χ3n) is 2.40. The first kappa shape index (κ1) is 16.0. The van der Waals surface area contributed by atoms with Gasteiger partial charge in [0.25, 0.3) is 11.8 Å². The molecule has 0 saturated carbocycles. The van der Waals surface area contributed by atoms with E-state index in [1.807, 2.05) is 0 Å². The van der Waals surface area contributed by atoms with E-state index in [9.17, 15) is 9.59 Å². The summed E-state index contributed by atoms with van der Waals surface area (Å²) >= 11 is 1.08. The van der Waals surface area contributed by atoms with Gasteiger partial charge in [0, 0.05) is 20.2 Å². The van der Waals surface area contributed by atoms with Gasteiger partial charge in [0.1, 0.15) is 9.88 Å². The number of methoxy groups -OCH3 is 1. The van der Waals surface area contributed by atoms with Crippen LogP contribution >= 0.6 is 11.3 Å². The van der Waals surface area contributed by atoms with Crippen molar-refractivity contribution in [2.45, 2.75) is 0 Å². The molecule has 7 nitrogen and oxygen atoms in total. The van der Waals surface area contributed by atoms with Gasteiger partial charge in [-0.25, -0.2) is 0 Å². The average molecular weight is 298 g/mol. The lowest BCUT2D eigenvalue weighted by atomic mass is 10.2. The summed E-state index contributed by atoms with van der Waals surface area (Å²) in [7, 11) is 1.56. The van der Waals surface area contributed by atoms with E-state index >= 15 is 0 Å². The third kappa shape index (κ3) is 3.72. The Kier molecular flexibility index (Phi) is 6.01. The Balaban J connectivity index is 3.02. The molecule has 1 heterocycles. The molecule has 20 heavy (non-hydrogen) atoms. The van der Waals surface area contributed by atoms with E-state index in [0.717, 1.165) is 11.3 Å². The average Bonchev–Trinajstić information content (AvgIpc) is 2.73. The summed E-state index contributed by atoms with van der Waals surface area (Å²) in [4.78, 5) is 23.6. The fraction of sp³-hybridized carbons (Fsp3) is 0.333. The number of nitrogen functional groups attached to an aromatic ring is 1. The van der Waals surface area contributed by atoms with E-state index in [1.54, 1.807) is 13.2 Å². The standard InChI is InChI=1S/C12H18N4O3S/c1-3-4-15-11(18)9-8(13)7(10(14)17)12(20-9)16-5-6-19-2/h3,16H,1,4-6,13H2,2H3,(H2,14,17)(H,15,18). The van der Waals surface area contributed by atoms with E-state index in [0.29, 0.717) is 24.7 Å². The van der Waals surface area contributed by atoms with Crippen LogP contribution in [0.4, 0.5) is 10.7 Å². The molecule has 0 aromatic carbocycles. The van der Waals surface area contributed by atoms with Crippen LogP contribution in [0.1, 0.15) is 20.0 Å². The Bertz CT molecular complexity index is 513. The fourth-order valence-corrected chi connectivity index (χ4v) is 2.56. The summed E-state index contributed by atoms with van der Waals surface area (Å²) in [6.45, 7) is 4.75. The summed E-state index contributed by atoms with van der Waals surface area (Å²) in [5, 5.41) is 6.05. The van der Waals surface area contributed by atoms with E-state index in [-0.39, 0.29) is 22.0 Å². The van der Waals surface area contributed by atoms with Crippen LogP contribution in [0.2, 0.25) is 0 Å². The minimum absolute atomic E-state index is 0.0870. The molecular weight excluding hydrogens is 280 g/mol. The lowest BCUT2D eigenvalue weighted by molar-refractivity contribution is 0.0962. The van der Waals surface area contributed by atoms with Crippen LogP contribution in [0.5, 0.6) is 0 Å². The monoisotopic (exact) mass is 298 g/mol. The van der Waals surface area contributed by atoms with Gasteiger partial charge in [0.05, 0.1) is 17.9 Å². The van der Waals surface area contributed by atoms with Crippen LogP contribution in [0.3, 0.4) is 0 Å². The molecule has 0 spiro atoms. The molecule has 0 aliphatic rings. The molecule has 0 bridgehead atoms. The van der Waals surface area contributed by atoms with Crippen molar-refractivity contribution in [1.82, 2.24) is 5.32 Å². The summed E-state index contributed by atoms with van der Waals surface area (Å²) < 4.78 is 4.91. The Morgan fingerprint density at radius 1 is 1.50 bits per heavy atom. The summed E-state index contributed by atoms with van der Waals surface area (Å²) in [5.41, 5.74) is 11.4. The predicted molar refractivity (Wildman–Crippen MR) is 80.1 cm³/mol. The molecule has 6 N–H and O–H groups in total. The van der Waals surface area contributed by atoms with E-state index in [2.05, 4.69) is 17.2 Å². The fourth-order valence-electron chi connectivity index (χ4n) is 1.49. The SMILES string of the molecule is C=CCNC(=O)c1sc(NCCOC)c(C(N)=O)c1N. The highest BCUT2D eigenvalue weighted by atomic mass is 32.1. The van der Waals surface area contributed by atoms with Crippen LogP contribution in [0.15, 0.2) is 12.7 Å². The van der Waals surface area contributed by atoms with Crippen LogP contribution in [0, 0.1) is 0 Å². The van der Waals surface area contributed by atoms with Crippen molar-refractivity contribution in [1.29, 1.82) is 0 Å². The van der Waals surface area contributed by atoms with E-state index < -0.39 is 5.91 Å². The normalized spacial score (nSPS) is 10.1. The number of hydrogen-bond donors (Lipinski definition) is 4. The number of hydrogen-bond acceptors (Lipinski definition) is 6. The Labute approximate surface area is 121 Å². The second-order valence-electron chi connectivity index (χ2n) is 3.83. The van der Waals surface area contributed by atoms with Crippen LogP contribution < -0.4 is 22.1 Å². The van der Waals surface area contributed by atoms with Gasteiger partial charge in [-0.2, -0.15) is 0 Å². The number of nitrogens with two attached hydrogens (primary N) is 2. The Hall–Kier alpha value is -2.06. The van der Waals surface area contributed by atoms with Crippen molar-refractivity contribution in [3.05, 3.63) is 23.1 Å². The van der Waals surface area contributed by atoms with Gasteiger partial charge in [-0.05, 0) is 0 Å². The van der Waals surface area contributed by atoms with Crippen molar-refractivity contribution < 1.29 is 14.3 Å².